The van der Waals surface area contributed by atoms with Crippen molar-refractivity contribution in [1.82, 2.24) is 5.32 Å². The Balaban J connectivity index is 2.06. The van der Waals surface area contributed by atoms with Crippen LogP contribution in [-0.2, 0) is 0 Å². The molecule has 2 fully saturated rings. The highest BCUT2D eigenvalue weighted by molar-refractivity contribution is 4.97. The van der Waals surface area contributed by atoms with Gasteiger partial charge in [-0.1, -0.05) is 6.42 Å². The monoisotopic (exact) mass is 154 g/mol. The molecule has 1 aliphatic heterocycles. The molecular weight excluding hydrogens is 136 g/mol. The number of nitrogens with two attached hydrogens (primary N) is 1. The third kappa shape index (κ3) is 1.18. The minimum Gasteiger partial charge on any atom is -0.327 e. The first-order chi connectivity index (χ1) is 5.33. The van der Waals surface area contributed by atoms with Crippen molar-refractivity contribution in [2.24, 2.45) is 11.1 Å². The highest BCUT2D eigenvalue weighted by Gasteiger charge is 2.40. The number of hydrogen-bond donors (Lipinski definition) is 2. The zero-order valence-electron chi connectivity index (χ0n) is 7.10. The highest BCUT2D eigenvalue weighted by Crippen LogP contribution is 2.43. The Bertz CT molecular complexity index is 138. The molecule has 2 rings (SSSR count). The van der Waals surface area contributed by atoms with Crippen molar-refractivity contribution in [1.29, 1.82) is 0 Å². The normalized spacial score (nSPS) is 36.3. The van der Waals surface area contributed by atoms with Gasteiger partial charge in [-0.3, -0.25) is 0 Å². The maximum Gasteiger partial charge on any atom is 0.00965 e. The van der Waals surface area contributed by atoms with E-state index in [0.717, 1.165) is 0 Å². The van der Waals surface area contributed by atoms with Crippen molar-refractivity contribution >= 4 is 0 Å². The minimum atomic E-state index is 0.504. The van der Waals surface area contributed by atoms with Gasteiger partial charge in [-0.15, -0.1) is 0 Å². The number of rotatable bonds is 0. The largest absolute Gasteiger partial charge is 0.327 e. The Kier molecular flexibility index (Phi) is 1.90. The molecule has 1 saturated heterocycles. The first-order valence-corrected chi connectivity index (χ1v) is 4.80. The second-order valence-corrected chi connectivity index (χ2v) is 4.11. The van der Waals surface area contributed by atoms with E-state index in [0.29, 0.717) is 11.5 Å². The van der Waals surface area contributed by atoms with Crippen molar-refractivity contribution in [2.75, 3.05) is 13.1 Å². The van der Waals surface area contributed by atoms with Gasteiger partial charge in [-0.25, -0.2) is 0 Å². The standard InChI is InChI=1S/C9H18N2/c10-8-2-1-3-9(8)4-6-11-7-5-9/h8,11H,1-7,10H2/t8-/m1/s1. The van der Waals surface area contributed by atoms with E-state index in [9.17, 15) is 0 Å². The fourth-order valence-electron chi connectivity index (χ4n) is 2.71. The average molecular weight is 154 g/mol. The van der Waals surface area contributed by atoms with E-state index in [2.05, 4.69) is 5.32 Å². The van der Waals surface area contributed by atoms with Gasteiger partial charge in [-0.05, 0) is 44.2 Å². The summed E-state index contributed by atoms with van der Waals surface area (Å²) in [6, 6.07) is 0.504. The molecule has 0 unspecified atom stereocenters. The van der Waals surface area contributed by atoms with Gasteiger partial charge in [0.1, 0.15) is 0 Å². The molecule has 2 heteroatoms. The van der Waals surface area contributed by atoms with E-state index in [4.69, 9.17) is 5.73 Å². The van der Waals surface area contributed by atoms with Gasteiger partial charge in [0.25, 0.3) is 0 Å². The molecule has 0 radical (unpaired) electrons. The maximum absolute atomic E-state index is 6.12. The van der Waals surface area contributed by atoms with Crippen molar-refractivity contribution in [3.05, 3.63) is 0 Å². The van der Waals surface area contributed by atoms with Crippen LogP contribution in [0.3, 0.4) is 0 Å². The zero-order valence-corrected chi connectivity index (χ0v) is 7.10. The van der Waals surface area contributed by atoms with Gasteiger partial charge in [0.2, 0.25) is 0 Å². The van der Waals surface area contributed by atoms with E-state index < -0.39 is 0 Å². The highest BCUT2D eigenvalue weighted by atomic mass is 14.9. The van der Waals surface area contributed by atoms with Crippen LogP contribution in [0.2, 0.25) is 0 Å². The number of hydrogen-bond acceptors (Lipinski definition) is 2. The summed E-state index contributed by atoms with van der Waals surface area (Å²) in [6.07, 6.45) is 6.64. The Morgan fingerprint density at radius 2 is 1.91 bits per heavy atom. The molecule has 64 valence electrons. The van der Waals surface area contributed by atoms with Gasteiger partial charge in [0, 0.05) is 6.04 Å². The van der Waals surface area contributed by atoms with Gasteiger partial charge in [-0.2, -0.15) is 0 Å². The van der Waals surface area contributed by atoms with Crippen LogP contribution < -0.4 is 11.1 Å². The van der Waals surface area contributed by atoms with Crippen LogP contribution >= 0.6 is 0 Å². The number of piperidine rings is 1. The molecule has 0 aromatic heterocycles. The quantitative estimate of drug-likeness (QED) is 0.543. The van der Waals surface area contributed by atoms with Crippen LogP contribution in [0.1, 0.15) is 32.1 Å². The van der Waals surface area contributed by atoms with Crippen LogP contribution in [0.5, 0.6) is 0 Å². The fraction of sp³-hybridized carbons (Fsp3) is 1.00. The van der Waals surface area contributed by atoms with E-state index in [1.54, 1.807) is 0 Å². The molecule has 0 amide bonds. The second-order valence-electron chi connectivity index (χ2n) is 4.11. The maximum atomic E-state index is 6.12. The van der Waals surface area contributed by atoms with Crippen molar-refractivity contribution in [3.63, 3.8) is 0 Å². The van der Waals surface area contributed by atoms with Crippen LogP contribution in [0, 0.1) is 5.41 Å². The van der Waals surface area contributed by atoms with Crippen LogP contribution in [0.15, 0.2) is 0 Å². The Labute approximate surface area is 68.5 Å². The Morgan fingerprint density at radius 1 is 1.18 bits per heavy atom. The van der Waals surface area contributed by atoms with Crippen LogP contribution in [0.4, 0.5) is 0 Å². The van der Waals surface area contributed by atoms with E-state index in [-0.39, 0.29) is 0 Å². The molecule has 0 bridgehead atoms. The van der Waals surface area contributed by atoms with Gasteiger partial charge in [0.05, 0.1) is 0 Å². The van der Waals surface area contributed by atoms with Gasteiger partial charge < -0.3 is 11.1 Å². The summed E-state index contributed by atoms with van der Waals surface area (Å²) in [7, 11) is 0. The molecule has 0 aromatic rings. The molecule has 1 atom stereocenters. The van der Waals surface area contributed by atoms with Crippen LogP contribution in [-0.4, -0.2) is 19.1 Å². The molecule has 0 aromatic carbocycles. The summed E-state index contributed by atoms with van der Waals surface area (Å²) in [6.45, 7) is 2.38. The molecule has 3 N–H and O–H groups in total. The molecule has 1 spiro atoms. The summed E-state index contributed by atoms with van der Waals surface area (Å²) in [4.78, 5) is 0. The first kappa shape index (κ1) is 7.56. The minimum absolute atomic E-state index is 0.504. The summed E-state index contributed by atoms with van der Waals surface area (Å²) >= 11 is 0. The topological polar surface area (TPSA) is 38.0 Å². The molecule has 1 heterocycles. The lowest BCUT2D eigenvalue weighted by Gasteiger charge is -2.37. The SMILES string of the molecule is N[C@@H]1CCCC12CCNCC2. The Morgan fingerprint density at radius 3 is 2.45 bits per heavy atom. The molecule has 2 aliphatic rings. The van der Waals surface area contributed by atoms with E-state index in [1.165, 1.54) is 45.2 Å². The lowest BCUT2D eigenvalue weighted by atomic mass is 9.75. The molecule has 1 saturated carbocycles. The third-order valence-electron chi connectivity index (χ3n) is 3.58. The predicted molar refractivity (Wildman–Crippen MR) is 46.4 cm³/mol. The fourth-order valence-corrected chi connectivity index (χ4v) is 2.71. The summed E-state index contributed by atoms with van der Waals surface area (Å²) < 4.78 is 0. The third-order valence-corrected chi connectivity index (χ3v) is 3.58. The van der Waals surface area contributed by atoms with Crippen molar-refractivity contribution in [3.8, 4) is 0 Å². The van der Waals surface area contributed by atoms with Crippen molar-refractivity contribution in [2.45, 2.75) is 38.1 Å². The summed E-state index contributed by atoms with van der Waals surface area (Å²) in [5, 5.41) is 3.40. The summed E-state index contributed by atoms with van der Waals surface area (Å²) in [5.74, 6) is 0. The Hall–Kier alpha value is -0.0800. The van der Waals surface area contributed by atoms with E-state index in [1.807, 2.05) is 0 Å². The molecule has 2 nitrogen and oxygen atoms in total. The predicted octanol–water partition coefficient (Wildman–Crippen LogP) is 0.867. The van der Waals surface area contributed by atoms with Crippen molar-refractivity contribution < 1.29 is 0 Å². The first-order valence-electron chi connectivity index (χ1n) is 4.80. The van der Waals surface area contributed by atoms with Gasteiger partial charge in [0.15, 0.2) is 0 Å². The number of nitrogens with one attached hydrogen (secondary N) is 1. The van der Waals surface area contributed by atoms with Gasteiger partial charge >= 0.3 is 0 Å². The molecule has 11 heavy (non-hydrogen) atoms. The lowest BCUT2D eigenvalue weighted by Crippen LogP contribution is -2.45. The molecular formula is C9H18N2. The van der Waals surface area contributed by atoms with E-state index >= 15 is 0 Å². The zero-order chi connectivity index (χ0) is 7.73. The smallest absolute Gasteiger partial charge is 0.00965 e. The molecule has 1 aliphatic carbocycles. The van der Waals surface area contributed by atoms with Crippen LogP contribution in [0.25, 0.3) is 0 Å². The lowest BCUT2D eigenvalue weighted by molar-refractivity contribution is 0.183. The summed E-state index contributed by atoms with van der Waals surface area (Å²) in [5.41, 5.74) is 6.66. The average Bonchev–Trinajstić information content (AvgIpc) is 2.36. The second kappa shape index (κ2) is 2.76.